The van der Waals surface area contributed by atoms with Crippen molar-refractivity contribution in [1.82, 2.24) is 4.72 Å². The van der Waals surface area contributed by atoms with Crippen LogP contribution in [0.25, 0.3) is 0 Å². The molecule has 0 aliphatic heterocycles. The van der Waals surface area contributed by atoms with Gasteiger partial charge in [-0.25, -0.2) is 17.5 Å². The van der Waals surface area contributed by atoms with Gasteiger partial charge in [0.05, 0.1) is 4.90 Å². The van der Waals surface area contributed by atoms with Crippen LogP contribution >= 0.6 is 0 Å². The summed E-state index contributed by atoms with van der Waals surface area (Å²) in [6.45, 7) is 1.77. The first-order valence-electron chi connectivity index (χ1n) is 7.46. The molecule has 0 heterocycles. The van der Waals surface area contributed by atoms with E-state index in [0.29, 0.717) is 6.42 Å². The summed E-state index contributed by atoms with van der Waals surface area (Å²) < 4.78 is 40.3. The average molecular weight is 336 g/mol. The number of aryl methyl sites for hydroxylation is 1. The summed E-state index contributed by atoms with van der Waals surface area (Å²) in [7, 11) is -3.72. The summed E-state index contributed by atoms with van der Waals surface area (Å²) in [5.41, 5.74) is 7.05. The molecule has 0 radical (unpaired) electrons. The van der Waals surface area contributed by atoms with Crippen LogP contribution in [0.4, 0.5) is 4.39 Å². The van der Waals surface area contributed by atoms with E-state index in [1.807, 2.05) is 30.3 Å². The number of nitrogens with two attached hydrogens (primary N) is 1. The molecule has 2 rings (SSSR count). The van der Waals surface area contributed by atoms with Gasteiger partial charge in [-0.2, -0.15) is 0 Å². The highest BCUT2D eigenvalue weighted by Gasteiger charge is 2.22. The highest BCUT2D eigenvalue weighted by molar-refractivity contribution is 7.89. The molecule has 6 heteroatoms. The molecule has 0 fully saturated rings. The molecule has 0 aromatic heterocycles. The number of rotatable bonds is 7. The number of hydrogen-bond acceptors (Lipinski definition) is 3. The molecule has 0 saturated carbocycles. The van der Waals surface area contributed by atoms with E-state index in [1.54, 1.807) is 6.92 Å². The van der Waals surface area contributed by atoms with Crippen molar-refractivity contribution >= 4 is 10.0 Å². The zero-order valence-electron chi connectivity index (χ0n) is 12.9. The Morgan fingerprint density at radius 2 is 1.70 bits per heavy atom. The third kappa shape index (κ3) is 5.13. The molecule has 2 unspecified atom stereocenters. The summed E-state index contributed by atoms with van der Waals surface area (Å²) in [4.78, 5) is 0.0317. The predicted molar refractivity (Wildman–Crippen MR) is 88.9 cm³/mol. The van der Waals surface area contributed by atoms with E-state index in [1.165, 1.54) is 12.1 Å². The molecule has 2 atom stereocenters. The first kappa shape index (κ1) is 17.6. The summed E-state index contributed by atoms with van der Waals surface area (Å²) in [5.74, 6) is -0.475. The number of sulfonamides is 1. The monoisotopic (exact) mass is 336 g/mol. The molecule has 4 nitrogen and oxygen atoms in total. The van der Waals surface area contributed by atoms with Crippen LogP contribution in [0.3, 0.4) is 0 Å². The minimum atomic E-state index is -3.72. The van der Waals surface area contributed by atoms with Gasteiger partial charge in [0.2, 0.25) is 10.0 Å². The minimum absolute atomic E-state index is 0.0317. The van der Waals surface area contributed by atoms with Crippen LogP contribution in [0.15, 0.2) is 59.5 Å². The van der Waals surface area contributed by atoms with Gasteiger partial charge in [0, 0.05) is 12.1 Å². The van der Waals surface area contributed by atoms with E-state index in [0.717, 1.165) is 24.1 Å². The van der Waals surface area contributed by atoms with Gasteiger partial charge < -0.3 is 5.73 Å². The molecular formula is C17H21FN2O2S. The van der Waals surface area contributed by atoms with Gasteiger partial charge in [-0.3, -0.25) is 0 Å². The number of benzene rings is 2. The van der Waals surface area contributed by atoms with Crippen LogP contribution in [0.1, 0.15) is 18.9 Å². The molecule has 0 aliphatic rings. The summed E-state index contributed by atoms with van der Waals surface area (Å²) in [6, 6.07) is 13.8. The van der Waals surface area contributed by atoms with Gasteiger partial charge in [0.15, 0.2) is 0 Å². The molecular weight excluding hydrogens is 315 g/mol. The van der Waals surface area contributed by atoms with Crippen LogP contribution in [0.5, 0.6) is 0 Å². The lowest BCUT2D eigenvalue weighted by Gasteiger charge is -2.22. The Morgan fingerprint density at radius 3 is 2.26 bits per heavy atom. The third-order valence-electron chi connectivity index (χ3n) is 3.65. The van der Waals surface area contributed by atoms with E-state index in [-0.39, 0.29) is 10.9 Å². The van der Waals surface area contributed by atoms with Crippen molar-refractivity contribution in [1.29, 1.82) is 0 Å². The number of nitrogens with one attached hydrogen (secondary N) is 1. The van der Waals surface area contributed by atoms with Crippen molar-refractivity contribution < 1.29 is 12.8 Å². The maximum absolute atomic E-state index is 12.9. The van der Waals surface area contributed by atoms with Gasteiger partial charge in [0.25, 0.3) is 0 Å². The molecule has 2 aromatic rings. The summed E-state index contributed by atoms with van der Waals surface area (Å²) in [5, 5.41) is 0. The standard InChI is InChI=1S/C17H21FN2O2S/c1-13(19)17(12-7-14-5-3-2-4-6-14)20-23(21,22)16-10-8-15(18)9-11-16/h2-6,8-11,13,17,20H,7,12,19H2,1H3. The molecule has 0 aliphatic carbocycles. The second-order valence-electron chi connectivity index (χ2n) is 5.57. The molecule has 23 heavy (non-hydrogen) atoms. The van der Waals surface area contributed by atoms with E-state index >= 15 is 0 Å². The van der Waals surface area contributed by atoms with Gasteiger partial charge in [-0.15, -0.1) is 0 Å². The molecule has 0 saturated heterocycles. The van der Waals surface area contributed by atoms with Gasteiger partial charge in [-0.1, -0.05) is 30.3 Å². The maximum Gasteiger partial charge on any atom is 0.240 e. The van der Waals surface area contributed by atoms with E-state index in [2.05, 4.69) is 4.72 Å². The summed E-state index contributed by atoms with van der Waals surface area (Å²) >= 11 is 0. The maximum atomic E-state index is 12.9. The van der Waals surface area contributed by atoms with Crippen LogP contribution in [0, 0.1) is 5.82 Å². The topological polar surface area (TPSA) is 72.2 Å². The predicted octanol–water partition coefficient (Wildman–Crippen LogP) is 2.45. The van der Waals surface area contributed by atoms with E-state index in [9.17, 15) is 12.8 Å². The lowest BCUT2D eigenvalue weighted by atomic mass is 10.0. The number of halogens is 1. The van der Waals surface area contributed by atoms with Crippen molar-refractivity contribution in [3.8, 4) is 0 Å². The minimum Gasteiger partial charge on any atom is -0.327 e. The van der Waals surface area contributed by atoms with Gasteiger partial charge in [0.1, 0.15) is 5.82 Å². The van der Waals surface area contributed by atoms with Crippen molar-refractivity contribution in [2.45, 2.75) is 36.7 Å². The largest absolute Gasteiger partial charge is 0.327 e. The highest BCUT2D eigenvalue weighted by atomic mass is 32.2. The van der Waals surface area contributed by atoms with Crippen molar-refractivity contribution in [2.24, 2.45) is 5.73 Å². The fourth-order valence-corrected chi connectivity index (χ4v) is 3.64. The highest BCUT2D eigenvalue weighted by Crippen LogP contribution is 2.13. The molecule has 0 spiro atoms. The molecule has 2 aromatic carbocycles. The molecule has 0 bridgehead atoms. The van der Waals surface area contributed by atoms with Crippen LogP contribution in [0.2, 0.25) is 0 Å². The Labute approximate surface area is 136 Å². The van der Waals surface area contributed by atoms with Gasteiger partial charge in [-0.05, 0) is 49.6 Å². The van der Waals surface area contributed by atoms with Crippen molar-refractivity contribution in [3.05, 3.63) is 66.0 Å². The van der Waals surface area contributed by atoms with Crippen LogP contribution < -0.4 is 10.5 Å². The Morgan fingerprint density at radius 1 is 1.09 bits per heavy atom. The van der Waals surface area contributed by atoms with E-state index in [4.69, 9.17) is 5.73 Å². The first-order valence-corrected chi connectivity index (χ1v) is 8.94. The Bertz CT molecular complexity index is 716. The lowest BCUT2D eigenvalue weighted by molar-refractivity contribution is 0.472. The van der Waals surface area contributed by atoms with Crippen LogP contribution in [-0.4, -0.2) is 20.5 Å². The fourth-order valence-electron chi connectivity index (χ4n) is 2.28. The van der Waals surface area contributed by atoms with Crippen molar-refractivity contribution in [2.75, 3.05) is 0 Å². The zero-order chi connectivity index (χ0) is 16.9. The van der Waals surface area contributed by atoms with Gasteiger partial charge >= 0.3 is 0 Å². The zero-order valence-corrected chi connectivity index (χ0v) is 13.8. The lowest BCUT2D eigenvalue weighted by Crippen LogP contribution is -2.46. The first-order chi connectivity index (χ1) is 10.9. The Hall–Kier alpha value is -1.76. The average Bonchev–Trinajstić information content (AvgIpc) is 2.52. The fraction of sp³-hybridized carbons (Fsp3) is 0.294. The second-order valence-corrected chi connectivity index (χ2v) is 7.28. The quantitative estimate of drug-likeness (QED) is 0.816. The van der Waals surface area contributed by atoms with E-state index < -0.39 is 21.9 Å². The molecule has 0 amide bonds. The third-order valence-corrected chi connectivity index (χ3v) is 5.16. The molecule has 3 N–H and O–H groups in total. The van der Waals surface area contributed by atoms with Crippen molar-refractivity contribution in [3.63, 3.8) is 0 Å². The number of hydrogen-bond donors (Lipinski definition) is 2. The normalized spacial score (nSPS) is 14.4. The Balaban J connectivity index is 2.07. The SMILES string of the molecule is CC(N)C(CCc1ccccc1)NS(=O)(=O)c1ccc(F)cc1. The smallest absolute Gasteiger partial charge is 0.240 e. The van der Waals surface area contributed by atoms with Crippen LogP contribution in [-0.2, 0) is 16.4 Å². The second kappa shape index (κ2) is 7.68. The molecule has 124 valence electrons. The summed E-state index contributed by atoms with van der Waals surface area (Å²) in [6.07, 6.45) is 1.31. The Kier molecular flexibility index (Phi) is 5.87.